The van der Waals surface area contributed by atoms with E-state index in [9.17, 15) is 5.11 Å². The Bertz CT molecular complexity index is 326. The van der Waals surface area contributed by atoms with Crippen LogP contribution in [0.3, 0.4) is 0 Å². The minimum atomic E-state index is -0.525. The van der Waals surface area contributed by atoms with Crippen LogP contribution >= 0.6 is 0 Å². The van der Waals surface area contributed by atoms with Gasteiger partial charge in [-0.3, -0.25) is 0 Å². The van der Waals surface area contributed by atoms with Crippen molar-refractivity contribution in [1.29, 1.82) is 0 Å². The summed E-state index contributed by atoms with van der Waals surface area (Å²) in [4.78, 5) is 0. The maximum absolute atomic E-state index is 9.92. The molecule has 1 aliphatic carbocycles. The molecule has 1 aromatic heterocycles. The number of aliphatic hydroxyl groups is 1. The predicted octanol–water partition coefficient (Wildman–Crippen LogP) is 3.12. The van der Waals surface area contributed by atoms with Crippen molar-refractivity contribution < 1.29 is 9.52 Å². The lowest BCUT2D eigenvalue weighted by Crippen LogP contribution is -2.36. The summed E-state index contributed by atoms with van der Waals surface area (Å²) in [6.07, 6.45) is 6.16. The molecule has 0 saturated heterocycles. The molecule has 0 aromatic carbocycles. The van der Waals surface area contributed by atoms with E-state index in [-0.39, 0.29) is 0 Å². The van der Waals surface area contributed by atoms with Crippen molar-refractivity contribution in [2.24, 2.45) is 11.8 Å². The van der Waals surface area contributed by atoms with Crippen molar-refractivity contribution in [3.05, 3.63) is 24.2 Å². The van der Waals surface area contributed by atoms with E-state index < -0.39 is 6.10 Å². The average molecular weight is 251 g/mol. The molecule has 1 atom stereocenters. The molecule has 2 rings (SSSR count). The first-order chi connectivity index (χ1) is 8.66. The van der Waals surface area contributed by atoms with Crippen LogP contribution in [0.1, 0.15) is 51.4 Å². The lowest BCUT2D eigenvalue weighted by Gasteiger charge is -2.31. The molecule has 1 heterocycles. The molecule has 0 bridgehead atoms. The summed E-state index contributed by atoms with van der Waals surface area (Å²) in [7, 11) is 0. The monoisotopic (exact) mass is 251 g/mol. The van der Waals surface area contributed by atoms with Gasteiger partial charge in [0.1, 0.15) is 11.9 Å². The molecule has 1 aromatic rings. The van der Waals surface area contributed by atoms with Gasteiger partial charge in [-0.15, -0.1) is 0 Å². The SMILES string of the molecule is CC(C)C1CCC(NCC(O)c2ccco2)CC1. The van der Waals surface area contributed by atoms with E-state index in [1.54, 1.807) is 6.26 Å². The number of hydrogen-bond acceptors (Lipinski definition) is 3. The van der Waals surface area contributed by atoms with Crippen LogP contribution < -0.4 is 5.32 Å². The molecule has 18 heavy (non-hydrogen) atoms. The number of furan rings is 1. The highest BCUT2D eigenvalue weighted by molar-refractivity contribution is 5.02. The molecule has 1 aliphatic rings. The van der Waals surface area contributed by atoms with E-state index in [0.717, 1.165) is 11.8 Å². The maximum Gasteiger partial charge on any atom is 0.133 e. The second-order valence-electron chi connectivity index (χ2n) is 5.80. The van der Waals surface area contributed by atoms with Crippen LogP contribution in [0.5, 0.6) is 0 Å². The molecule has 0 spiro atoms. The highest BCUT2D eigenvalue weighted by Crippen LogP contribution is 2.30. The molecular weight excluding hydrogens is 226 g/mol. The fraction of sp³-hybridized carbons (Fsp3) is 0.733. The summed E-state index contributed by atoms with van der Waals surface area (Å²) in [5, 5.41) is 13.4. The van der Waals surface area contributed by atoms with Gasteiger partial charge < -0.3 is 14.8 Å². The summed E-state index contributed by atoms with van der Waals surface area (Å²) in [6, 6.07) is 4.19. The van der Waals surface area contributed by atoms with Crippen LogP contribution in [0.4, 0.5) is 0 Å². The summed E-state index contributed by atoms with van der Waals surface area (Å²) < 4.78 is 5.19. The molecule has 1 saturated carbocycles. The van der Waals surface area contributed by atoms with E-state index >= 15 is 0 Å². The maximum atomic E-state index is 9.92. The van der Waals surface area contributed by atoms with Crippen LogP contribution in [-0.4, -0.2) is 17.7 Å². The first-order valence-electron chi connectivity index (χ1n) is 7.11. The van der Waals surface area contributed by atoms with E-state index in [1.807, 2.05) is 12.1 Å². The fourth-order valence-electron chi connectivity index (χ4n) is 2.85. The van der Waals surface area contributed by atoms with E-state index in [4.69, 9.17) is 4.42 Å². The van der Waals surface area contributed by atoms with Crippen molar-refractivity contribution in [3.63, 3.8) is 0 Å². The normalized spacial score (nSPS) is 26.4. The van der Waals surface area contributed by atoms with Crippen molar-refractivity contribution in [3.8, 4) is 0 Å². The number of hydrogen-bond donors (Lipinski definition) is 2. The Labute approximate surface area is 110 Å². The number of aliphatic hydroxyl groups excluding tert-OH is 1. The molecule has 0 aliphatic heterocycles. The Balaban J connectivity index is 1.69. The Morgan fingerprint density at radius 3 is 2.61 bits per heavy atom. The van der Waals surface area contributed by atoms with Crippen molar-refractivity contribution >= 4 is 0 Å². The van der Waals surface area contributed by atoms with Gasteiger partial charge in [-0.25, -0.2) is 0 Å². The van der Waals surface area contributed by atoms with Gasteiger partial charge in [0.25, 0.3) is 0 Å². The molecule has 3 nitrogen and oxygen atoms in total. The molecule has 1 unspecified atom stereocenters. The quantitative estimate of drug-likeness (QED) is 0.845. The third-order valence-corrected chi connectivity index (χ3v) is 4.19. The second-order valence-corrected chi connectivity index (χ2v) is 5.80. The minimum Gasteiger partial charge on any atom is -0.467 e. The first kappa shape index (κ1) is 13.6. The second kappa shape index (κ2) is 6.39. The molecular formula is C15H25NO2. The zero-order valence-electron chi connectivity index (χ0n) is 11.4. The Morgan fingerprint density at radius 1 is 1.33 bits per heavy atom. The van der Waals surface area contributed by atoms with Gasteiger partial charge >= 0.3 is 0 Å². The van der Waals surface area contributed by atoms with Gasteiger partial charge in [-0.05, 0) is 49.7 Å². The van der Waals surface area contributed by atoms with Crippen molar-refractivity contribution in [1.82, 2.24) is 5.32 Å². The van der Waals surface area contributed by atoms with Gasteiger partial charge in [-0.2, -0.15) is 0 Å². The summed E-state index contributed by atoms with van der Waals surface area (Å²) >= 11 is 0. The van der Waals surface area contributed by atoms with Crippen molar-refractivity contribution in [2.75, 3.05) is 6.54 Å². The third-order valence-electron chi connectivity index (χ3n) is 4.19. The zero-order chi connectivity index (χ0) is 13.0. The zero-order valence-corrected chi connectivity index (χ0v) is 11.4. The van der Waals surface area contributed by atoms with Crippen molar-refractivity contribution in [2.45, 2.75) is 51.7 Å². The Kier molecular flexibility index (Phi) is 4.84. The summed E-state index contributed by atoms with van der Waals surface area (Å²) in [5.41, 5.74) is 0. The summed E-state index contributed by atoms with van der Waals surface area (Å²) in [5.74, 6) is 2.34. The molecule has 0 radical (unpaired) electrons. The standard InChI is InChI=1S/C15H25NO2/c1-11(2)12-5-7-13(8-6-12)16-10-14(17)15-4-3-9-18-15/h3-4,9,11-14,16-17H,5-8,10H2,1-2H3. The molecule has 0 amide bonds. The van der Waals surface area contributed by atoms with Crippen LogP contribution in [0.15, 0.2) is 22.8 Å². The highest BCUT2D eigenvalue weighted by Gasteiger charge is 2.23. The van der Waals surface area contributed by atoms with E-state index in [0.29, 0.717) is 18.3 Å². The highest BCUT2D eigenvalue weighted by atomic mass is 16.4. The molecule has 2 N–H and O–H groups in total. The molecule has 102 valence electrons. The molecule has 3 heteroatoms. The third kappa shape index (κ3) is 3.59. The number of nitrogens with one attached hydrogen (secondary N) is 1. The largest absolute Gasteiger partial charge is 0.467 e. The smallest absolute Gasteiger partial charge is 0.133 e. The van der Waals surface area contributed by atoms with Crippen LogP contribution in [0.25, 0.3) is 0 Å². The Hall–Kier alpha value is -0.800. The molecule has 1 fully saturated rings. The lowest BCUT2D eigenvalue weighted by atomic mass is 9.80. The first-order valence-corrected chi connectivity index (χ1v) is 7.11. The fourth-order valence-corrected chi connectivity index (χ4v) is 2.85. The van der Waals surface area contributed by atoms with Crippen LogP contribution in [0, 0.1) is 11.8 Å². The predicted molar refractivity (Wildman–Crippen MR) is 72.3 cm³/mol. The number of rotatable bonds is 5. The Morgan fingerprint density at radius 2 is 2.06 bits per heavy atom. The topological polar surface area (TPSA) is 45.4 Å². The van der Waals surface area contributed by atoms with E-state index in [1.165, 1.54) is 25.7 Å². The van der Waals surface area contributed by atoms with Crippen LogP contribution in [-0.2, 0) is 0 Å². The van der Waals surface area contributed by atoms with Crippen LogP contribution in [0.2, 0.25) is 0 Å². The lowest BCUT2D eigenvalue weighted by molar-refractivity contribution is 0.136. The van der Waals surface area contributed by atoms with Gasteiger partial charge in [0.05, 0.1) is 6.26 Å². The van der Waals surface area contributed by atoms with Gasteiger partial charge in [-0.1, -0.05) is 13.8 Å². The minimum absolute atomic E-state index is 0.525. The average Bonchev–Trinajstić information content (AvgIpc) is 2.90. The van der Waals surface area contributed by atoms with E-state index in [2.05, 4.69) is 19.2 Å². The van der Waals surface area contributed by atoms with Gasteiger partial charge in [0, 0.05) is 12.6 Å². The van der Waals surface area contributed by atoms with Gasteiger partial charge in [0.15, 0.2) is 0 Å². The van der Waals surface area contributed by atoms with Gasteiger partial charge in [0.2, 0.25) is 0 Å². The summed E-state index contributed by atoms with van der Waals surface area (Å²) in [6.45, 7) is 5.22.